The Kier molecular flexibility index (Phi) is 4.11. The van der Waals surface area contributed by atoms with Gasteiger partial charge in [0.05, 0.1) is 11.2 Å². The number of carboxylic acids is 1. The Hall–Kier alpha value is -1.24. The highest BCUT2D eigenvalue weighted by Crippen LogP contribution is 2.25. The molecule has 2 aromatic heterocycles. The number of nitrogens with zero attached hydrogens (tertiary/aromatic N) is 2. The summed E-state index contributed by atoms with van der Waals surface area (Å²) in [4.78, 5) is 18.5. The molecule has 0 unspecified atom stereocenters. The van der Waals surface area contributed by atoms with Crippen molar-refractivity contribution < 1.29 is 9.90 Å². The Labute approximate surface area is 114 Å². The van der Waals surface area contributed by atoms with E-state index in [9.17, 15) is 9.90 Å². The van der Waals surface area contributed by atoms with Gasteiger partial charge in [-0.25, -0.2) is 4.98 Å². The molecular weight excluding hydrogens is 268 g/mol. The van der Waals surface area contributed by atoms with E-state index in [4.69, 9.17) is 0 Å². The monoisotopic (exact) mass is 282 g/mol. The van der Waals surface area contributed by atoms with Crippen molar-refractivity contribution in [3.05, 3.63) is 38.5 Å². The van der Waals surface area contributed by atoms with Crippen molar-refractivity contribution in [2.75, 3.05) is 7.05 Å². The Morgan fingerprint density at radius 3 is 2.89 bits per heavy atom. The third-order valence-corrected chi connectivity index (χ3v) is 4.39. The molecule has 2 heterocycles. The molecule has 0 fully saturated rings. The number of aliphatic carboxylic acids is 1. The first-order valence-corrected chi connectivity index (χ1v) is 7.26. The van der Waals surface area contributed by atoms with Gasteiger partial charge in [0.2, 0.25) is 0 Å². The Balaban J connectivity index is 2.17. The summed E-state index contributed by atoms with van der Waals surface area (Å²) in [6, 6.07) is 1.26. The summed E-state index contributed by atoms with van der Waals surface area (Å²) in [6.45, 7) is 2.54. The van der Waals surface area contributed by atoms with Crippen LogP contribution in [0.2, 0.25) is 0 Å². The van der Waals surface area contributed by atoms with Crippen LogP contribution in [-0.2, 0) is 11.3 Å². The fourth-order valence-electron chi connectivity index (χ4n) is 1.81. The summed E-state index contributed by atoms with van der Waals surface area (Å²) in [5.41, 5.74) is 3.59. The summed E-state index contributed by atoms with van der Waals surface area (Å²) in [5, 5.41) is 13.1. The number of hydrogen-bond acceptors (Lipinski definition) is 5. The van der Waals surface area contributed by atoms with Crippen molar-refractivity contribution in [2.45, 2.75) is 19.5 Å². The lowest BCUT2D eigenvalue weighted by molar-refractivity contribution is -0.143. The van der Waals surface area contributed by atoms with Crippen LogP contribution in [0.4, 0.5) is 0 Å². The van der Waals surface area contributed by atoms with Crippen LogP contribution in [-0.4, -0.2) is 28.0 Å². The van der Waals surface area contributed by atoms with E-state index in [1.165, 1.54) is 11.3 Å². The fraction of sp³-hybridized carbons (Fsp3) is 0.333. The molecule has 0 aliphatic heterocycles. The van der Waals surface area contributed by atoms with E-state index in [2.05, 4.69) is 4.98 Å². The summed E-state index contributed by atoms with van der Waals surface area (Å²) < 4.78 is 0. The third kappa shape index (κ3) is 2.77. The van der Waals surface area contributed by atoms with Crippen LogP contribution < -0.4 is 0 Å². The van der Waals surface area contributed by atoms with Gasteiger partial charge in [0.15, 0.2) is 0 Å². The third-order valence-electron chi connectivity index (χ3n) is 2.77. The average Bonchev–Trinajstić information content (AvgIpc) is 2.92. The highest BCUT2D eigenvalue weighted by molar-refractivity contribution is 7.09. The van der Waals surface area contributed by atoms with Gasteiger partial charge in [0.25, 0.3) is 0 Å². The summed E-state index contributed by atoms with van der Waals surface area (Å²) in [5.74, 6) is -0.821. The van der Waals surface area contributed by atoms with Crippen LogP contribution in [0, 0.1) is 6.92 Å². The number of rotatable bonds is 5. The molecule has 0 saturated heterocycles. The van der Waals surface area contributed by atoms with Crippen LogP contribution in [0.3, 0.4) is 0 Å². The summed E-state index contributed by atoms with van der Waals surface area (Å²) in [6.07, 6.45) is 0. The van der Waals surface area contributed by atoms with Crippen molar-refractivity contribution in [3.63, 3.8) is 0 Å². The van der Waals surface area contributed by atoms with Gasteiger partial charge in [-0.3, -0.25) is 9.69 Å². The second kappa shape index (κ2) is 5.60. The SMILES string of the molecule is Cc1ncsc1CN(C)[C@@H](C(=O)O)c1ccsc1. The van der Waals surface area contributed by atoms with Gasteiger partial charge in [-0.2, -0.15) is 11.3 Å². The number of carbonyl (C=O) groups is 1. The molecule has 6 heteroatoms. The zero-order chi connectivity index (χ0) is 13.1. The number of aromatic nitrogens is 1. The minimum absolute atomic E-state index is 0.599. The number of aryl methyl sites for hydroxylation is 1. The minimum atomic E-state index is -0.821. The number of thiophene rings is 1. The molecule has 2 aromatic rings. The van der Waals surface area contributed by atoms with Gasteiger partial charge < -0.3 is 5.11 Å². The maximum atomic E-state index is 11.4. The Morgan fingerprint density at radius 2 is 2.39 bits per heavy atom. The van der Waals surface area contributed by atoms with Crippen LogP contribution >= 0.6 is 22.7 Å². The maximum absolute atomic E-state index is 11.4. The molecule has 96 valence electrons. The molecule has 0 aliphatic rings. The smallest absolute Gasteiger partial charge is 0.325 e. The lowest BCUT2D eigenvalue weighted by Gasteiger charge is -2.23. The largest absolute Gasteiger partial charge is 0.480 e. The quantitative estimate of drug-likeness (QED) is 0.916. The first-order valence-electron chi connectivity index (χ1n) is 5.43. The fourth-order valence-corrected chi connectivity index (χ4v) is 3.33. The highest BCUT2D eigenvalue weighted by Gasteiger charge is 2.25. The maximum Gasteiger partial charge on any atom is 0.325 e. The van der Waals surface area contributed by atoms with E-state index in [-0.39, 0.29) is 0 Å². The molecule has 0 bridgehead atoms. The second-order valence-electron chi connectivity index (χ2n) is 4.07. The van der Waals surface area contributed by atoms with Crippen molar-refractivity contribution in [1.82, 2.24) is 9.88 Å². The molecule has 0 aromatic carbocycles. The minimum Gasteiger partial charge on any atom is -0.480 e. The first kappa shape index (κ1) is 13.2. The molecule has 18 heavy (non-hydrogen) atoms. The molecule has 0 radical (unpaired) electrons. The van der Waals surface area contributed by atoms with E-state index in [1.807, 2.05) is 35.7 Å². The molecular formula is C12H14N2O2S2. The van der Waals surface area contributed by atoms with Crippen molar-refractivity contribution in [2.24, 2.45) is 0 Å². The summed E-state index contributed by atoms with van der Waals surface area (Å²) in [7, 11) is 1.83. The van der Waals surface area contributed by atoms with Crippen LogP contribution in [0.15, 0.2) is 22.3 Å². The second-order valence-corrected chi connectivity index (χ2v) is 5.79. The number of hydrogen-bond donors (Lipinski definition) is 1. The van der Waals surface area contributed by atoms with Crippen molar-refractivity contribution in [1.29, 1.82) is 0 Å². The standard InChI is InChI=1S/C12H14N2O2S2/c1-8-10(18-7-13-8)5-14(2)11(12(15)16)9-3-4-17-6-9/h3-4,6-7,11H,5H2,1-2H3,(H,15,16)/t11-/m1/s1. The van der Waals surface area contributed by atoms with Crippen LogP contribution in [0.1, 0.15) is 22.2 Å². The molecule has 0 saturated carbocycles. The topological polar surface area (TPSA) is 53.4 Å². The average molecular weight is 282 g/mol. The van der Waals surface area contributed by atoms with E-state index >= 15 is 0 Å². The Bertz CT molecular complexity index is 522. The van der Waals surface area contributed by atoms with Gasteiger partial charge >= 0.3 is 5.97 Å². The van der Waals surface area contributed by atoms with Gasteiger partial charge in [-0.05, 0) is 36.4 Å². The van der Waals surface area contributed by atoms with E-state index in [0.29, 0.717) is 6.54 Å². The zero-order valence-corrected chi connectivity index (χ0v) is 11.8. The van der Waals surface area contributed by atoms with E-state index in [1.54, 1.807) is 16.8 Å². The molecule has 1 atom stereocenters. The summed E-state index contributed by atoms with van der Waals surface area (Å²) >= 11 is 3.08. The molecule has 1 N–H and O–H groups in total. The van der Waals surface area contributed by atoms with Crippen LogP contribution in [0.25, 0.3) is 0 Å². The number of likely N-dealkylation sites (N-methyl/N-ethyl adjacent to an activating group) is 1. The van der Waals surface area contributed by atoms with Crippen LogP contribution in [0.5, 0.6) is 0 Å². The zero-order valence-electron chi connectivity index (χ0n) is 10.2. The van der Waals surface area contributed by atoms with Gasteiger partial charge in [0.1, 0.15) is 6.04 Å². The van der Waals surface area contributed by atoms with E-state index < -0.39 is 12.0 Å². The normalized spacial score (nSPS) is 12.8. The number of thiazole rings is 1. The number of carboxylic acid groups (broad SMARTS) is 1. The highest BCUT2D eigenvalue weighted by atomic mass is 32.1. The first-order chi connectivity index (χ1) is 8.59. The van der Waals surface area contributed by atoms with E-state index in [0.717, 1.165) is 16.1 Å². The predicted molar refractivity (Wildman–Crippen MR) is 73.0 cm³/mol. The van der Waals surface area contributed by atoms with Gasteiger partial charge in [0, 0.05) is 11.4 Å². The molecule has 0 amide bonds. The lowest BCUT2D eigenvalue weighted by atomic mass is 10.1. The van der Waals surface area contributed by atoms with Crippen molar-refractivity contribution >= 4 is 28.6 Å². The van der Waals surface area contributed by atoms with Crippen molar-refractivity contribution in [3.8, 4) is 0 Å². The lowest BCUT2D eigenvalue weighted by Crippen LogP contribution is -2.30. The Morgan fingerprint density at radius 1 is 1.61 bits per heavy atom. The van der Waals surface area contributed by atoms with Gasteiger partial charge in [-0.1, -0.05) is 0 Å². The molecule has 2 rings (SSSR count). The molecule has 4 nitrogen and oxygen atoms in total. The van der Waals surface area contributed by atoms with Gasteiger partial charge in [-0.15, -0.1) is 11.3 Å². The predicted octanol–water partition coefficient (Wildman–Crippen LogP) is 2.77. The molecule has 0 aliphatic carbocycles. The molecule has 0 spiro atoms.